The van der Waals surface area contributed by atoms with E-state index in [1.54, 1.807) is 0 Å². The predicted octanol–water partition coefficient (Wildman–Crippen LogP) is 11.8. The van der Waals surface area contributed by atoms with Crippen molar-refractivity contribution >= 4 is 83.3 Å². The molecule has 0 radical (unpaired) electrons. The highest BCUT2D eigenvalue weighted by Gasteiger charge is 2.32. The number of hydrogen-bond acceptors (Lipinski definition) is 5. The molecule has 0 bridgehead atoms. The van der Waals surface area contributed by atoms with Crippen molar-refractivity contribution in [1.82, 2.24) is 28.2 Å². The average Bonchev–Trinajstić information content (AvgIpc) is 4.28. The molecule has 6 heterocycles. The summed E-state index contributed by atoms with van der Waals surface area (Å²) in [5.41, 5.74) is 11.8. The standard InChI is InChI=1S/C21H20N2O2.C20H18N2O2.C19H16N2O2/c1-22-12-16(14-8-4-6-10-18(14)22)20(21(24)25-3)17-13-23(2)19-11-7-5-9-15(17)19;1-21-11-15(13-7-3-5-9-17(13)21)19(20(23)24)16-12-22(2)18-10-6-4-8-14(16)18;1-23-19(22)18(14-10-20-16-8-4-2-6-12(14)16)15-11-21-17-9-5-3-7-13(15)17/h4-13,20H,1-3H3;3-12,19H,1-2H3,(H,23,24);2-11,18,20-21H,1H3. The lowest BCUT2D eigenvalue weighted by Gasteiger charge is -2.14. The lowest BCUT2D eigenvalue weighted by atomic mass is 9.91. The van der Waals surface area contributed by atoms with Gasteiger partial charge in [0.05, 0.1) is 14.2 Å². The molecule has 12 aromatic rings. The van der Waals surface area contributed by atoms with E-state index in [1.807, 2.05) is 196 Å². The Morgan fingerprint density at radius 3 is 0.958 bits per heavy atom. The molecule has 0 atom stereocenters. The molecule has 360 valence electrons. The van der Waals surface area contributed by atoms with Gasteiger partial charge in [-0.15, -0.1) is 0 Å². The molecule has 0 aliphatic carbocycles. The monoisotopic (exact) mass is 954 g/mol. The summed E-state index contributed by atoms with van der Waals surface area (Å²) in [4.78, 5) is 44.0. The second-order valence-electron chi connectivity index (χ2n) is 18.1. The number of carbonyl (C=O) groups excluding carboxylic acids is 2. The van der Waals surface area contributed by atoms with Crippen molar-refractivity contribution < 1.29 is 29.0 Å². The Morgan fingerprint density at radius 2 is 0.653 bits per heavy atom. The van der Waals surface area contributed by atoms with Gasteiger partial charge in [0.25, 0.3) is 0 Å². The summed E-state index contributed by atoms with van der Waals surface area (Å²) in [6, 6.07) is 48.1. The number of fused-ring (bicyclic) bond motifs is 6. The van der Waals surface area contributed by atoms with Gasteiger partial charge < -0.3 is 42.8 Å². The third kappa shape index (κ3) is 8.26. The van der Waals surface area contributed by atoms with E-state index in [1.165, 1.54) is 14.2 Å². The Bertz CT molecular complexity index is 3740. The van der Waals surface area contributed by atoms with Crippen molar-refractivity contribution in [2.45, 2.75) is 17.8 Å². The third-order valence-electron chi connectivity index (χ3n) is 13.9. The smallest absolute Gasteiger partial charge is 0.317 e. The Kier molecular flexibility index (Phi) is 12.6. The number of aliphatic carboxylic acids is 1. The van der Waals surface area contributed by atoms with Crippen LogP contribution in [0, 0.1) is 0 Å². The summed E-state index contributed by atoms with van der Waals surface area (Å²) in [5, 5.41) is 16.2. The number of methoxy groups -OCH3 is 2. The summed E-state index contributed by atoms with van der Waals surface area (Å²) < 4.78 is 18.4. The molecule has 12 rings (SSSR count). The molecule has 0 amide bonds. The van der Waals surface area contributed by atoms with Gasteiger partial charge in [0, 0.05) is 131 Å². The number of benzene rings is 6. The zero-order valence-corrected chi connectivity index (χ0v) is 40.8. The lowest BCUT2D eigenvalue weighted by Crippen LogP contribution is -2.15. The number of H-pyrrole nitrogens is 2. The SMILES string of the molecule is COC(=O)C(c1c[nH]c2ccccc12)c1c[nH]c2ccccc12.COC(=O)C(c1cn(C)c2ccccc12)c1cn(C)c2ccccc12.Cn1cc(C(C(=O)O)c2cn(C)c3ccccc23)c2ccccc21. The maximum atomic E-state index is 12.8. The number of aromatic amines is 2. The maximum Gasteiger partial charge on any atom is 0.317 e. The second kappa shape index (κ2) is 19.4. The van der Waals surface area contributed by atoms with E-state index in [0.717, 1.165) is 98.8 Å². The van der Waals surface area contributed by atoms with E-state index in [2.05, 4.69) is 43.4 Å². The maximum absolute atomic E-state index is 12.8. The molecule has 72 heavy (non-hydrogen) atoms. The second-order valence-corrected chi connectivity index (χ2v) is 18.1. The van der Waals surface area contributed by atoms with Crippen LogP contribution in [0.3, 0.4) is 0 Å². The first-order chi connectivity index (χ1) is 35.0. The van der Waals surface area contributed by atoms with Crippen LogP contribution < -0.4 is 0 Å². The average molecular weight is 955 g/mol. The van der Waals surface area contributed by atoms with Gasteiger partial charge in [-0.2, -0.15) is 0 Å². The fourth-order valence-electron chi connectivity index (χ4n) is 10.6. The van der Waals surface area contributed by atoms with Crippen LogP contribution in [0.5, 0.6) is 0 Å². The number of nitrogens with zero attached hydrogens (tertiary/aromatic N) is 4. The van der Waals surface area contributed by atoms with Gasteiger partial charge in [-0.05, 0) is 69.8 Å². The molecular weight excluding hydrogens is 901 g/mol. The highest BCUT2D eigenvalue weighted by atomic mass is 16.5. The zero-order chi connectivity index (χ0) is 50.2. The highest BCUT2D eigenvalue weighted by molar-refractivity contribution is 5.99. The van der Waals surface area contributed by atoms with Crippen LogP contribution in [0.25, 0.3) is 65.4 Å². The molecule has 0 aliphatic heterocycles. The van der Waals surface area contributed by atoms with Crippen LogP contribution in [0.4, 0.5) is 0 Å². The molecule has 0 fully saturated rings. The van der Waals surface area contributed by atoms with Crippen molar-refractivity contribution in [2.24, 2.45) is 28.2 Å². The summed E-state index contributed by atoms with van der Waals surface area (Å²) in [5.74, 6) is -2.95. The van der Waals surface area contributed by atoms with E-state index in [9.17, 15) is 19.5 Å². The topological polar surface area (TPSA) is 141 Å². The number of rotatable bonds is 9. The number of ether oxygens (including phenoxy) is 2. The van der Waals surface area contributed by atoms with Crippen LogP contribution in [-0.4, -0.2) is 65.5 Å². The summed E-state index contributed by atoms with van der Waals surface area (Å²) in [6.45, 7) is 0. The number of carboxylic acid groups (broad SMARTS) is 1. The van der Waals surface area contributed by atoms with Crippen LogP contribution >= 0.6 is 0 Å². The molecular formula is C60H54N6O6. The minimum atomic E-state index is -0.831. The normalized spacial score (nSPS) is 11.5. The number of para-hydroxylation sites is 6. The van der Waals surface area contributed by atoms with Crippen LogP contribution in [0.1, 0.15) is 51.1 Å². The summed E-state index contributed by atoms with van der Waals surface area (Å²) in [6.07, 6.45) is 11.7. The largest absolute Gasteiger partial charge is 0.481 e. The molecule has 3 N–H and O–H groups in total. The molecule has 0 saturated carbocycles. The summed E-state index contributed by atoms with van der Waals surface area (Å²) >= 11 is 0. The van der Waals surface area contributed by atoms with Crippen molar-refractivity contribution in [3.8, 4) is 0 Å². The number of hydrogen-bond donors (Lipinski definition) is 3. The van der Waals surface area contributed by atoms with Gasteiger partial charge in [0.2, 0.25) is 0 Å². The first-order valence-electron chi connectivity index (χ1n) is 23.6. The van der Waals surface area contributed by atoms with Gasteiger partial charge in [-0.25, -0.2) is 0 Å². The van der Waals surface area contributed by atoms with Crippen molar-refractivity contribution in [1.29, 1.82) is 0 Å². The molecule has 6 aromatic heterocycles. The Morgan fingerprint density at radius 1 is 0.389 bits per heavy atom. The number of esters is 2. The van der Waals surface area contributed by atoms with E-state index in [4.69, 9.17) is 9.47 Å². The van der Waals surface area contributed by atoms with E-state index in [0.29, 0.717) is 0 Å². The third-order valence-corrected chi connectivity index (χ3v) is 13.9. The minimum Gasteiger partial charge on any atom is -0.481 e. The van der Waals surface area contributed by atoms with Crippen LogP contribution in [0.2, 0.25) is 0 Å². The molecule has 0 spiro atoms. The van der Waals surface area contributed by atoms with Gasteiger partial charge in [-0.3, -0.25) is 14.4 Å². The lowest BCUT2D eigenvalue weighted by molar-refractivity contribution is -0.142. The van der Waals surface area contributed by atoms with E-state index in [-0.39, 0.29) is 11.9 Å². The van der Waals surface area contributed by atoms with Gasteiger partial charge >= 0.3 is 17.9 Å². The predicted molar refractivity (Wildman–Crippen MR) is 285 cm³/mol. The Balaban J connectivity index is 0.000000124. The molecule has 0 saturated heterocycles. The number of nitrogens with one attached hydrogen (secondary N) is 2. The molecule has 0 aliphatic rings. The van der Waals surface area contributed by atoms with Crippen molar-refractivity contribution in [3.63, 3.8) is 0 Å². The van der Waals surface area contributed by atoms with Crippen LogP contribution in [-0.2, 0) is 52.0 Å². The molecule has 12 heteroatoms. The number of carboxylic acids is 1. The van der Waals surface area contributed by atoms with Gasteiger partial charge in [-0.1, -0.05) is 109 Å². The number of aryl methyl sites for hydroxylation is 4. The molecule has 0 unspecified atom stereocenters. The van der Waals surface area contributed by atoms with Gasteiger partial charge in [0.1, 0.15) is 17.8 Å². The fraction of sp³-hybridized carbons (Fsp3) is 0.150. The Labute approximate surface area is 415 Å². The van der Waals surface area contributed by atoms with Crippen molar-refractivity contribution in [3.05, 3.63) is 216 Å². The van der Waals surface area contributed by atoms with Crippen molar-refractivity contribution in [2.75, 3.05) is 14.2 Å². The minimum absolute atomic E-state index is 0.243. The van der Waals surface area contributed by atoms with E-state index < -0.39 is 23.7 Å². The summed E-state index contributed by atoms with van der Waals surface area (Å²) in [7, 11) is 10.8. The zero-order valence-electron chi connectivity index (χ0n) is 40.8. The molecule has 12 nitrogen and oxygen atoms in total. The first kappa shape index (κ1) is 46.7. The van der Waals surface area contributed by atoms with E-state index >= 15 is 0 Å². The first-order valence-corrected chi connectivity index (χ1v) is 23.6. The quantitative estimate of drug-likeness (QED) is 0.123. The fourth-order valence-corrected chi connectivity index (χ4v) is 10.6. The number of aromatic nitrogens is 6. The number of carbonyl (C=O) groups is 3. The highest BCUT2D eigenvalue weighted by Crippen LogP contribution is 2.39. The molecule has 6 aromatic carbocycles. The van der Waals surface area contributed by atoms with Gasteiger partial charge in [0.15, 0.2) is 0 Å². The van der Waals surface area contributed by atoms with Crippen LogP contribution in [0.15, 0.2) is 183 Å². The Hall–Kier alpha value is -9.03.